The molecule has 0 aliphatic rings. The quantitative estimate of drug-likeness (QED) is 0.239. The first kappa shape index (κ1) is 29.8. The van der Waals surface area contributed by atoms with Crippen molar-refractivity contribution in [3.63, 3.8) is 0 Å². The predicted octanol–water partition coefficient (Wildman–Crippen LogP) is 0.114. The van der Waals surface area contributed by atoms with Gasteiger partial charge in [-0.05, 0) is 44.3 Å². The Kier molecular flexibility index (Phi) is 11.2. The number of rotatable bonds is 15. The van der Waals surface area contributed by atoms with Gasteiger partial charge in [-0.1, -0.05) is 18.2 Å². The lowest BCUT2D eigenvalue weighted by molar-refractivity contribution is 0.450. The van der Waals surface area contributed by atoms with E-state index in [1.807, 2.05) is 0 Å². The monoisotopic (exact) mass is 526 g/mol. The molecule has 0 radical (unpaired) electrons. The highest BCUT2D eigenvalue weighted by Crippen LogP contribution is 1.91. The summed E-state index contributed by atoms with van der Waals surface area (Å²) in [5.74, 6) is 0. The SMILES string of the molecule is C=CCCn1c(=O)n(C)c(=O)n(CCC=C=CCCn2c(=O)n(CCC=C)c(=O)n(CCC=C)c2=O)c1=O. The zero-order valence-electron chi connectivity index (χ0n) is 21.7. The van der Waals surface area contributed by atoms with Crippen molar-refractivity contribution >= 4 is 0 Å². The summed E-state index contributed by atoms with van der Waals surface area (Å²) in [6.07, 6.45) is 9.75. The van der Waals surface area contributed by atoms with Crippen LogP contribution in [0.3, 0.4) is 0 Å². The molecule has 0 aliphatic heterocycles. The molecule has 0 amide bonds. The van der Waals surface area contributed by atoms with Crippen molar-refractivity contribution in [3.05, 3.63) is 119 Å². The molecule has 38 heavy (non-hydrogen) atoms. The number of nitrogens with zero attached hydrogens (tertiary/aromatic N) is 6. The first-order chi connectivity index (χ1) is 18.2. The van der Waals surface area contributed by atoms with Crippen molar-refractivity contribution in [2.24, 2.45) is 7.05 Å². The van der Waals surface area contributed by atoms with Crippen LogP contribution >= 0.6 is 0 Å². The normalized spacial score (nSPS) is 10.6. The highest BCUT2D eigenvalue weighted by Gasteiger charge is 2.14. The topological polar surface area (TPSA) is 132 Å². The molecule has 0 fully saturated rings. The van der Waals surface area contributed by atoms with Gasteiger partial charge < -0.3 is 0 Å². The summed E-state index contributed by atoms with van der Waals surface area (Å²) in [6.45, 7) is 11.2. The van der Waals surface area contributed by atoms with Crippen LogP contribution in [0, 0.1) is 0 Å². The molecular weight excluding hydrogens is 492 g/mol. The van der Waals surface area contributed by atoms with Gasteiger partial charge in [0.25, 0.3) is 0 Å². The summed E-state index contributed by atoms with van der Waals surface area (Å²) in [6, 6.07) is 0. The number of aromatic nitrogens is 6. The third-order valence-corrected chi connectivity index (χ3v) is 5.78. The molecule has 0 aliphatic carbocycles. The third kappa shape index (κ3) is 6.86. The van der Waals surface area contributed by atoms with Crippen LogP contribution in [0.15, 0.2) is 84.6 Å². The maximum atomic E-state index is 12.8. The first-order valence-corrected chi connectivity index (χ1v) is 12.3. The van der Waals surface area contributed by atoms with E-state index < -0.39 is 34.1 Å². The second-order valence-electron chi connectivity index (χ2n) is 8.40. The zero-order valence-corrected chi connectivity index (χ0v) is 21.7. The highest BCUT2D eigenvalue weighted by molar-refractivity contribution is 4.88. The Balaban J connectivity index is 2.20. The highest BCUT2D eigenvalue weighted by atomic mass is 16.2. The maximum absolute atomic E-state index is 12.8. The Bertz CT molecular complexity index is 1550. The second-order valence-corrected chi connectivity index (χ2v) is 8.40. The molecule has 0 saturated carbocycles. The van der Waals surface area contributed by atoms with E-state index >= 15 is 0 Å². The van der Waals surface area contributed by atoms with Gasteiger partial charge in [-0.2, -0.15) is 0 Å². The largest absolute Gasteiger partial charge is 0.336 e. The van der Waals surface area contributed by atoms with Gasteiger partial charge in [0.05, 0.1) is 0 Å². The van der Waals surface area contributed by atoms with Gasteiger partial charge >= 0.3 is 34.1 Å². The molecule has 0 spiro atoms. The van der Waals surface area contributed by atoms with Crippen LogP contribution in [0.5, 0.6) is 0 Å². The van der Waals surface area contributed by atoms with Crippen LogP contribution in [0.2, 0.25) is 0 Å². The van der Waals surface area contributed by atoms with Crippen molar-refractivity contribution < 1.29 is 0 Å². The Labute approximate surface area is 218 Å². The lowest BCUT2D eigenvalue weighted by Gasteiger charge is -2.12. The molecule has 12 nitrogen and oxygen atoms in total. The van der Waals surface area contributed by atoms with E-state index in [-0.39, 0.29) is 45.6 Å². The van der Waals surface area contributed by atoms with Gasteiger partial charge in [0.15, 0.2) is 0 Å². The Morgan fingerprint density at radius 1 is 0.500 bits per heavy atom. The fourth-order valence-electron chi connectivity index (χ4n) is 3.69. The average molecular weight is 527 g/mol. The molecule has 12 heteroatoms. The molecule has 0 aromatic carbocycles. The van der Waals surface area contributed by atoms with Gasteiger partial charge in [-0.15, -0.1) is 25.5 Å². The summed E-state index contributed by atoms with van der Waals surface area (Å²) in [5.41, 5.74) is -1.18. The molecule has 2 aromatic rings. The van der Waals surface area contributed by atoms with E-state index in [1.165, 1.54) is 7.05 Å². The molecule has 2 heterocycles. The minimum Gasteiger partial charge on any atom is -0.248 e. The summed E-state index contributed by atoms with van der Waals surface area (Å²) >= 11 is 0. The summed E-state index contributed by atoms with van der Waals surface area (Å²) < 4.78 is 5.94. The summed E-state index contributed by atoms with van der Waals surface area (Å²) in [7, 11) is 1.31. The number of hydrogen-bond acceptors (Lipinski definition) is 6. The summed E-state index contributed by atoms with van der Waals surface area (Å²) in [4.78, 5) is 75.5. The molecule has 0 saturated heterocycles. The third-order valence-electron chi connectivity index (χ3n) is 5.78. The smallest absolute Gasteiger partial charge is 0.248 e. The lowest BCUT2D eigenvalue weighted by atomic mass is 10.3. The van der Waals surface area contributed by atoms with E-state index in [0.717, 1.165) is 27.4 Å². The fraction of sp³-hybridized carbons (Fsp3) is 0.423. The van der Waals surface area contributed by atoms with Crippen LogP contribution in [-0.2, 0) is 39.8 Å². The van der Waals surface area contributed by atoms with Crippen LogP contribution in [0.4, 0.5) is 0 Å². The Morgan fingerprint density at radius 2 is 0.763 bits per heavy atom. The molecule has 2 aromatic heterocycles. The van der Waals surface area contributed by atoms with E-state index in [4.69, 9.17) is 0 Å². The minimum atomic E-state index is -0.703. The van der Waals surface area contributed by atoms with Gasteiger partial charge in [-0.3, -0.25) is 0 Å². The van der Waals surface area contributed by atoms with Crippen molar-refractivity contribution in [3.8, 4) is 0 Å². The average Bonchev–Trinajstić information content (AvgIpc) is 2.90. The number of hydrogen-bond donors (Lipinski definition) is 0. The lowest BCUT2D eigenvalue weighted by Crippen LogP contribution is -2.54. The van der Waals surface area contributed by atoms with E-state index in [9.17, 15) is 28.8 Å². The minimum absolute atomic E-state index is 0.0369. The maximum Gasteiger partial charge on any atom is 0.336 e. The van der Waals surface area contributed by atoms with E-state index in [2.05, 4.69) is 25.5 Å². The van der Waals surface area contributed by atoms with Crippen LogP contribution in [0.25, 0.3) is 0 Å². The number of allylic oxidation sites excluding steroid dienone is 4. The van der Waals surface area contributed by atoms with Gasteiger partial charge in [0, 0.05) is 39.8 Å². The molecule has 2 rings (SSSR count). The fourth-order valence-corrected chi connectivity index (χ4v) is 3.69. The molecule has 0 atom stereocenters. The Hall–Kier alpha value is -4.44. The molecule has 0 unspecified atom stereocenters. The van der Waals surface area contributed by atoms with E-state index in [1.54, 1.807) is 30.4 Å². The zero-order chi connectivity index (χ0) is 28.2. The predicted molar refractivity (Wildman–Crippen MR) is 146 cm³/mol. The molecule has 0 bridgehead atoms. The summed E-state index contributed by atoms with van der Waals surface area (Å²) in [5, 5.41) is 0. The van der Waals surface area contributed by atoms with Gasteiger partial charge in [-0.25, -0.2) is 56.2 Å². The van der Waals surface area contributed by atoms with E-state index in [0.29, 0.717) is 19.3 Å². The molecule has 0 N–H and O–H groups in total. The van der Waals surface area contributed by atoms with Crippen molar-refractivity contribution in [1.82, 2.24) is 27.4 Å². The van der Waals surface area contributed by atoms with Crippen molar-refractivity contribution in [1.29, 1.82) is 0 Å². The van der Waals surface area contributed by atoms with Crippen LogP contribution in [-0.4, -0.2) is 27.4 Å². The second kappa shape index (κ2) is 14.3. The Morgan fingerprint density at radius 3 is 1.05 bits per heavy atom. The van der Waals surface area contributed by atoms with Crippen molar-refractivity contribution in [2.45, 2.75) is 64.8 Å². The molecular formula is C26H34N6O6. The molecule has 204 valence electrons. The van der Waals surface area contributed by atoms with Gasteiger partial charge in [0.1, 0.15) is 0 Å². The standard InChI is InChI=1S/C26H34N6O6/c1-5-8-16-28-21(33)27(4)22(34)29(23(28)35)19-14-12-11-13-15-20-32-25(37)30(17-9-6-2)24(36)31(26(32)38)18-10-7-3/h5-7,12-13H,1-3,8-10,14-20H2,4H3. The van der Waals surface area contributed by atoms with Crippen molar-refractivity contribution in [2.75, 3.05) is 0 Å². The van der Waals surface area contributed by atoms with Crippen LogP contribution < -0.4 is 34.1 Å². The van der Waals surface area contributed by atoms with Gasteiger partial charge in [0.2, 0.25) is 0 Å². The van der Waals surface area contributed by atoms with Crippen LogP contribution in [0.1, 0.15) is 32.1 Å². The first-order valence-electron chi connectivity index (χ1n) is 12.3.